The van der Waals surface area contributed by atoms with Crippen LogP contribution in [0.15, 0.2) is 156 Å². The molecule has 0 aliphatic rings. The average Bonchev–Trinajstić information content (AvgIpc) is 3.24. The number of benzene rings is 7. The summed E-state index contributed by atoms with van der Waals surface area (Å²) >= 11 is 0. The number of amides is 3. The van der Waals surface area contributed by atoms with E-state index >= 15 is 0 Å². The molecule has 7 aromatic rings. The Morgan fingerprint density at radius 2 is 1.13 bits per heavy atom. The third-order valence-electron chi connectivity index (χ3n) is 8.76. The summed E-state index contributed by atoms with van der Waals surface area (Å²) in [5, 5.41) is 40.0. The van der Waals surface area contributed by atoms with E-state index in [-0.39, 0.29) is 209 Å². The first-order valence-corrected chi connectivity index (χ1v) is 22.1. The van der Waals surface area contributed by atoms with Crippen LogP contribution < -0.4 is 168 Å². The van der Waals surface area contributed by atoms with Crippen LogP contribution in [-0.2, 0) is 30.6 Å². The number of nitrogens with one attached hydrogen (secondary N) is 2. The van der Waals surface area contributed by atoms with Gasteiger partial charge in [0, 0.05) is 28.0 Å². The smallest absolute Gasteiger partial charge is 0.754 e. The van der Waals surface area contributed by atoms with Gasteiger partial charge >= 0.3 is 154 Å². The molecule has 22 nitrogen and oxygen atoms in total. The van der Waals surface area contributed by atoms with Crippen molar-refractivity contribution in [1.29, 1.82) is 0 Å². The molecule has 0 bridgehead atoms. The Bertz CT molecular complexity index is 3520. The van der Waals surface area contributed by atoms with Crippen LogP contribution in [0.25, 0.3) is 21.5 Å². The van der Waals surface area contributed by atoms with Crippen LogP contribution in [0.2, 0.25) is 0 Å². The molecule has 0 aromatic heterocycles. The number of rotatable bonds is 13. The van der Waals surface area contributed by atoms with Gasteiger partial charge in [-0.25, -0.2) is 21.6 Å². The van der Waals surface area contributed by atoms with Gasteiger partial charge in [0.05, 0.1) is 37.8 Å². The van der Waals surface area contributed by atoms with Gasteiger partial charge in [0.2, 0.25) is 0 Å². The Morgan fingerprint density at radius 3 is 1.70 bits per heavy atom. The van der Waals surface area contributed by atoms with Gasteiger partial charge < -0.3 is 39.3 Å². The van der Waals surface area contributed by atoms with Crippen LogP contribution in [-0.4, -0.2) is 56.0 Å². The van der Waals surface area contributed by atoms with Crippen LogP contribution in [0.4, 0.5) is 50.3 Å². The molecule has 7 aromatic carbocycles. The first kappa shape index (κ1) is 63.0. The Hall–Kier alpha value is -3.07. The first-order valence-electron chi connectivity index (χ1n) is 17.9. The van der Waals surface area contributed by atoms with Crippen molar-refractivity contribution in [2.45, 2.75) is 9.79 Å². The molecule has 3 amide bonds. The maximum absolute atomic E-state index is 13.2. The fourth-order valence-electron chi connectivity index (χ4n) is 5.91. The monoisotopic (exact) mass is 1050 g/mol. The van der Waals surface area contributed by atoms with Crippen LogP contribution in [0.1, 0.15) is 10.4 Å². The molecule has 0 radical (unpaired) electrons. The number of hydrogen-bond acceptors (Lipinski definition) is 19. The maximum atomic E-state index is 13.2. The zero-order valence-electron chi connectivity index (χ0n) is 37.3. The van der Waals surface area contributed by atoms with Crippen LogP contribution >= 0.6 is 0 Å². The Morgan fingerprint density at radius 1 is 0.600 bits per heavy atom. The van der Waals surface area contributed by atoms with E-state index in [2.05, 4.69) is 57.6 Å². The molecule has 5 N–H and O–H groups in total. The van der Waals surface area contributed by atoms with Crippen molar-refractivity contribution < 1.29 is 206 Å². The number of nitrogens with two attached hydrogens (primary N) is 1. The Balaban J connectivity index is 0.00000336. The number of urea groups is 1. The minimum absolute atomic E-state index is 0. The van der Waals surface area contributed by atoms with E-state index < -0.39 is 69.6 Å². The Kier molecular flexibility index (Phi) is 24.1. The zero-order valence-corrected chi connectivity index (χ0v) is 49.8. The number of anilines is 2. The number of azo groups is 3. The number of phenols is 1. The van der Waals surface area contributed by atoms with Crippen molar-refractivity contribution in [3.63, 3.8) is 0 Å². The predicted molar refractivity (Wildman–Crippen MR) is 226 cm³/mol. The first-order chi connectivity index (χ1) is 30.7. The molecule has 330 valence electrons. The van der Waals surface area contributed by atoms with Gasteiger partial charge in [0.15, 0.2) is 5.75 Å². The van der Waals surface area contributed by atoms with E-state index in [4.69, 9.17) is 5.73 Å². The quantitative estimate of drug-likeness (QED) is 0.0275. The van der Waals surface area contributed by atoms with Gasteiger partial charge in [0.25, 0.3) is 16.3 Å². The number of primary amides is 1. The van der Waals surface area contributed by atoms with Gasteiger partial charge in [-0.05, 0) is 94.8 Å². The second kappa shape index (κ2) is 26.8. The molecule has 0 aliphatic heterocycles. The number of carbonyl (C=O) groups excluding carboxylic acids is 2. The largest absolute Gasteiger partial charge is 1.00 e. The summed E-state index contributed by atoms with van der Waals surface area (Å²) < 4.78 is 111. The van der Waals surface area contributed by atoms with Gasteiger partial charge in [-0.2, -0.15) is 55.9 Å². The molecule has 0 atom stereocenters. The number of carbonyl (C=O) groups is 2. The molecule has 0 saturated carbocycles. The predicted octanol–water partition coefficient (Wildman–Crippen LogP) is -7.04. The number of phenolic OH excluding ortho intramolecular Hbond substituents is 1. The second-order valence-electron chi connectivity index (χ2n) is 13.2. The fourth-order valence-corrected chi connectivity index (χ4v) is 7.51. The summed E-state index contributed by atoms with van der Waals surface area (Å²) in [5.74, 6) is -1.84. The van der Waals surface area contributed by atoms with Crippen LogP contribution in [0.5, 0.6) is 11.5 Å². The van der Waals surface area contributed by atoms with Gasteiger partial charge in [-0.15, -0.1) is 16.6 Å². The molecular formula is C40H24N9Na5O13S3. The molecule has 0 unspecified atom stereocenters. The summed E-state index contributed by atoms with van der Waals surface area (Å²) in [7, 11) is -15.4. The topological polar surface area (TPSA) is 359 Å². The minimum atomic E-state index is -5.28. The van der Waals surface area contributed by atoms with E-state index in [9.17, 15) is 53.6 Å². The summed E-state index contributed by atoms with van der Waals surface area (Å²) in [5.41, 5.74) is 4.99. The molecule has 0 saturated heterocycles. The van der Waals surface area contributed by atoms with Crippen molar-refractivity contribution in [2.75, 3.05) is 10.6 Å². The van der Waals surface area contributed by atoms with E-state index in [1.807, 2.05) is 0 Å². The summed E-state index contributed by atoms with van der Waals surface area (Å²) in [4.78, 5) is 22.9. The molecule has 0 heterocycles. The van der Waals surface area contributed by atoms with Gasteiger partial charge in [-0.1, -0.05) is 17.5 Å². The van der Waals surface area contributed by atoms with Gasteiger partial charge in [-0.3, -0.25) is 13.2 Å². The van der Waals surface area contributed by atoms with E-state index in [1.54, 1.807) is 0 Å². The summed E-state index contributed by atoms with van der Waals surface area (Å²) in [6.07, 6.45) is 0. The summed E-state index contributed by atoms with van der Waals surface area (Å²) in [6, 6.07) is 29.4. The molecule has 7 rings (SSSR count). The molecule has 70 heavy (non-hydrogen) atoms. The molecule has 0 aliphatic carbocycles. The van der Waals surface area contributed by atoms with Gasteiger partial charge in [0.1, 0.15) is 15.8 Å². The molecule has 0 fully saturated rings. The van der Waals surface area contributed by atoms with E-state index in [0.717, 1.165) is 12.1 Å². The number of nitrogens with zero attached hydrogens (tertiary/aromatic N) is 6. The van der Waals surface area contributed by atoms with Crippen molar-refractivity contribution in [3.05, 3.63) is 133 Å². The summed E-state index contributed by atoms with van der Waals surface area (Å²) in [6.45, 7) is 0. The Labute approximate surface area is 509 Å². The average molecular weight is 1050 g/mol. The SMILES string of the molecule is NC(=O)Nc1ccc2c(OS(=O)(=O)[O-])c(N=Nc3ccc(C(=O)Nc4ccc5c(O)c(N=Nc6ccc(N=Nc7cc[c-]cc7S(=O)(=O)[O-])cc6)c(S(=O)(=O)[O-])cc5c4)cc3)[c-]cc2c1.[Na+].[Na+].[Na+].[Na+].[Na+]. The van der Waals surface area contributed by atoms with Crippen molar-refractivity contribution >= 4 is 110 Å². The third-order valence-corrected chi connectivity index (χ3v) is 10.9. The van der Waals surface area contributed by atoms with Crippen LogP contribution in [0.3, 0.4) is 0 Å². The van der Waals surface area contributed by atoms with Crippen molar-refractivity contribution in [1.82, 2.24) is 0 Å². The third kappa shape index (κ3) is 16.5. The minimum Gasteiger partial charge on any atom is -0.754 e. The fraction of sp³-hybridized carbons (Fsp3) is 0. The second-order valence-corrected chi connectivity index (χ2v) is 16.9. The zero-order chi connectivity index (χ0) is 46.7. The molecular weight excluding hydrogens is 1030 g/mol. The number of aromatic hydroxyl groups is 1. The molecule has 0 spiro atoms. The van der Waals surface area contributed by atoms with Crippen molar-refractivity contribution in [3.8, 4) is 11.5 Å². The standard InChI is InChI=1S/C40H27N9O13S3.5Na/c41-40(52)43-29-15-17-31-23(19-29)7-18-33(38(31)62-65(59,60)61)48-45-25-8-5-22(6-9-25)39(51)42-28-14-16-30-24(20-28)21-35(64(56,57)58)36(37(30)50)49-46-27-12-10-26(11-13-27)44-47-32-3-1-2-4-34(32)63(53,54)55;;;;;/h1,3-17,19-21,50H,(H,42,51)(H3,41,43,52)(H,53,54,55)(H,56,57,58)(H,59,60,61);;;;;/q-2;5*+1/p-3. The number of hydrogen-bond donors (Lipinski definition) is 4. The van der Waals surface area contributed by atoms with E-state index in [1.165, 1.54) is 103 Å². The van der Waals surface area contributed by atoms with Crippen LogP contribution in [0, 0.1) is 12.1 Å². The van der Waals surface area contributed by atoms with E-state index in [0.29, 0.717) is 5.39 Å². The van der Waals surface area contributed by atoms with Crippen molar-refractivity contribution in [2.24, 2.45) is 36.4 Å². The number of fused-ring (bicyclic) bond motifs is 2. The maximum Gasteiger partial charge on any atom is 1.00 e. The normalized spacial score (nSPS) is 11.5. The molecule has 30 heteroatoms.